The van der Waals surface area contributed by atoms with Crippen LogP contribution in [0.15, 0.2) is 76.4 Å². The highest BCUT2D eigenvalue weighted by atomic mass is 79.9. The summed E-state index contributed by atoms with van der Waals surface area (Å²) in [5.41, 5.74) is 1.61. The molecular weight excluding hydrogens is 468 g/mol. The van der Waals surface area contributed by atoms with Crippen LogP contribution in [0, 0.1) is 0 Å². The van der Waals surface area contributed by atoms with E-state index in [0.717, 1.165) is 5.56 Å². The fourth-order valence-corrected chi connectivity index (χ4v) is 5.44. The van der Waals surface area contributed by atoms with Crippen molar-refractivity contribution in [1.82, 2.24) is 19.0 Å². The number of amides is 1. The predicted octanol–water partition coefficient (Wildman–Crippen LogP) is 2.84. The van der Waals surface area contributed by atoms with Gasteiger partial charge in [0, 0.05) is 36.8 Å². The maximum atomic E-state index is 12.9. The Morgan fingerprint density at radius 1 is 1.00 bits per heavy atom. The summed E-state index contributed by atoms with van der Waals surface area (Å²) >= 11 is 3.31. The molecule has 0 spiro atoms. The first-order chi connectivity index (χ1) is 14.4. The zero-order valence-electron chi connectivity index (χ0n) is 16.2. The molecule has 1 aliphatic heterocycles. The monoisotopic (exact) mass is 488 g/mol. The average molecular weight is 489 g/mol. The molecule has 1 amide bonds. The van der Waals surface area contributed by atoms with E-state index in [4.69, 9.17) is 0 Å². The van der Waals surface area contributed by atoms with Gasteiger partial charge >= 0.3 is 0 Å². The molecule has 2 heterocycles. The summed E-state index contributed by atoms with van der Waals surface area (Å²) < 4.78 is 29.6. The summed E-state index contributed by atoms with van der Waals surface area (Å²) in [7, 11) is -3.58. The van der Waals surface area contributed by atoms with E-state index in [1.54, 1.807) is 46.2 Å². The van der Waals surface area contributed by atoms with E-state index in [1.165, 1.54) is 4.31 Å². The van der Waals surface area contributed by atoms with Gasteiger partial charge in [-0.15, -0.1) is 0 Å². The Kier molecular flexibility index (Phi) is 6.03. The van der Waals surface area contributed by atoms with Gasteiger partial charge in [0.15, 0.2) is 0 Å². The summed E-state index contributed by atoms with van der Waals surface area (Å²) in [6.45, 7) is 1.80. The third kappa shape index (κ3) is 4.48. The molecule has 0 saturated carbocycles. The van der Waals surface area contributed by atoms with Crippen molar-refractivity contribution in [3.63, 3.8) is 0 Å². The molecule has 156 valence electrons. The first kappa shape index (κ1) is 20.8. The molecule has 1 saturated heterocycles. The van der Waals surface area contributed by atoms with Gasteiger partial charge in [0.1, 0.15) is 0 Å². The topological polar surface area (TPSA) is 75.5 Å². The minimum atomic E-state index is -3.58. The maximum absolute atomic E-state index is 12.9. The van der Waals surface area contributed by atoms with Gasteiger partial charge in [0.05, 0.1) is 23.2 Å². The number of piperazine rings is 1. The minimum absolute atomic E-state index is 0.131. The van der Waals surface area contributed by atoms with Gasteiger partial charge in [0.2, 0.25) is 10.0 Å². The van der Waals surface area contributed by atoms with Crippen LogP contribution in [0.4, 0.5) is 0 Å². The van der Waals surface area contributed by atoms with Gasteiger partial charge in [-0.1, -0.05) is 52.3 Å². The molecule has 4 rings (SSSR count). The van der Waals surface area contributed by atoms with E-state index in [0.29, 0.717) is 29.7 Å². The Morgan fingerprint density at radius 2 is 1.73 bits per heavy atom. The van der Waals surface area contributed by atoms with Gasteiger partial charge in [-0.25, -0.2) is 8.42 Å². The molecule has 1 fully saturated rings. The van der Waals surface area contributed by atoms with E-state index < -0.39 is 10.0 Å². The highest BCUT2D eigenvalue weighted by Crippen LogP contribution is 2.21. The SMILES string of the molecule is O=C(c1cnn(Cc2ccccc2)c1)N1CCN(S(=O)(=O)c2cccc(Br)c2)CC1. The Labute approximate surface area is 184 Å². The van der Waals surface area contributed by atoms with E-state index in [9.17, 15) is 13.2 Å². The molecule has 3 aromatic rings. The standard InChI is InChI=1S/C21H21BrN4O3S/c22-19-7-4-8-20(13-19)30(28,29)26-11-9-24(10-12-26)21(27)18-14-23-25(16-18)15-17-5-2-1-3-6-17/h1-8,13-14,16H,9-12,15H2. The molecule has 30 heavy (non-hydrogen) atoms. The summed E-state index contributed by atoms with van der Waals surface area (Å²) in [6.07, 6.45) is 3.30. The number of nitrogens with zero attached hydrogens (tertiary/aromatic N) is 4. The molecule has 0 atom stereocenters. The molecule has 0 unspecified atom stereocenters. The lowest BCUT2D eigenvalue weighted by molar-refractivity contribution is 0.0698. The molecule has 1 aliphatic rings. The van der Waals surface area contributed by atoms with Crippen LogP contribution in [0.5, 0.6) is 0 Å². The Hall–Kier alpha value is -2.49. The number of halogens is 1. The van der Waals surface area contributed by atoms with Crippen LogP contribution in [0.3, 0.4) is 0 Å². The largest absolute Gasteiger partial charge is 0.336 e. The molecule has 7 nitrogen and oxygen atoms in total. The second-order valence-corrected chi connectivity index (χ2v) is 9.92. The van der Waals surface area contributed by atoms with Crippen molar-refractivity contribution in [3.05, 3.63) is 82.6 Å². The van der Waals surface area contributed by atoms with Gasteiger partial charge in [-0.05, 0) is 23.8 Å². The van der Waals surface area contributed by atoms with Crippen LogP contribution in [0.2, 0.25) is 0 Å². The number of carbonyl (C=O) groups excluding carboxylic acids is 1. The molecule has 0 N–H and O–H groups in total. The number of aromatic nitrogens is 2. The maximum Gasteiger partial charge on any atom is 0.257 e. The van der Waals surface area contributed by atoms with Crippen LogP contribution in [0.25, 0.3) is 0 Å². The van der Waals surface area contributed by atoms with E-state index in [1.807, 2.05) is 30.3 Å². The van der Waals surface area contributed by atoms with Crippen LogP contribution in [0.1, 0.15) is 15.9 Å². The van der Waals surface area contributed by atoms with Crippen molar-refractivity contribution < 1.29 is 13.2 Å². The van der Waals surface area contributed by atoms with Crippen LogP contribution < -0.4 is 0 Å². The highest BCUT2D eigenvalue weighted by Gasteiger charge is 2.30. The van der Waals surface area contributed by atoms with Gasteiger partial charge in [-0.3, -0.25) is 9.48 Å². The normalized spacial score (nSPS) is 15.3. The van der Waals surface area contributed by atoms with E-state index in [2.05, 4.69) is 21.0 Å². The molecule has 0 bridgehead atoms. The lowest BCUT2D eigenvalue weighted by Gasteiger charge is -2.33. The zero-order valence-corrected chi connectivity index (χ0v) is 18.6. The second kappa shape index (κ2) is 8.71. The zero-order chi connectivity index (χ0) is 21.1. The lowest BCUT2D eigenvalue weighted by Crippen LogP contribution is -2.50. The Balaban J connectivity index is 1.39. The summed E-state index contributed by atoms with van der Waals surface area (Å²) in [6, 6.07) is 16.6. The number of benzene rings is 2. The minimum Gasteiger partial charge on any atom is -0.336 e. The van der Waals surface area contributed by atoms with Crippen molar-refractivity contribution in [1.29, 1.82) is 0 Å². The van der Waals surface area contributed by atoms with Crippen molar-refractivity contribution >= 4 is 31.9 Å². The fourth-order valence-electron chi connectivity index (χ4n) is 3.42. The van der Waals surface area contributed by atoms with E-state index in [-0.39, 0.29) is 23.9 Å². The van der Waals surface area contributed by atoms with Gasteiger partial charge in [0.25, 0.3) is 5.91 Å². The number of carbonyl (C=O) groups is 1. The summed E-state index contributed by atoms with van der Waals surface area (Å²) in [5, 5.41) is 4.29. The average Bonchev–Trinajstić information content (AvgIpc) is 3.22. The van der Waals surface area contributed by atoms with Crippen molar-refractivity contribution in [2.45, 2.75) is 11.4 Å². The molecule has 1 aromatic heterocycles. The smallest absolute Gasteiger partial charge is 0.257 e. The van der Waals surface area contributed by atoms with Crippen LogP contribution in [-0.4, -0.2) is 59.5 Å². The van der Waals surface area contributed by atoms with Gasteiger partial charge in [-0.2, -0.15) is 9.40 Å². The molecule has 0 radical (unpaired) electrons. The van der Waals surface area contributed by atoms with Crippen molar-refractivity contribution in [3.8, 4) is 0 Å². The van der Waals surface area contributed by atoms with Gasteiger partial charge < -0.3 is 4.90 Å². The first-order valence-electron chi connectivity index (χ1n) is 9.55. The summed E-state index contributed by atoms with van der Waals surface area (Å²) in [4.78, 5) is 14.8. The van der Waals surface area contributed by atoms with Crippen LogP contribution in [-0.2, 0) is 16.6 Å². The Bertz CT molecular complexity index is 1140. The molecule has 2 aromatic carbocycles. The highest BCUT2D eigenvalue weighted by molar-refractivity contribution is 9.10. The fraction of sp³-hybridized carbons (Fsp3) is 0.238. The molecular formula is C21H21BrN4O3S. The number of rotatable bonds is 5. The second-order valence-electron chi connectivity index (χ2n) is 7.07. The first-order valence-corrected chi connectivity index (χ1v) is 11.8. The quantitative estimate of drug-likeness (QED) is 0.553. The third-order valence-corrected chi connectivity index (χ3v) is 7.42. The molecule has 9 heteroatoms. The summed E-state index contributed by atoms with van der Waals surface area (Å²) in [5.74, 6) is -0.131. The predicted molar refractivity (Wildman–Crippen MR) is 117 cm³/mol. The van der Waals surface area contributed by atoms with E-state index >= 15 is 0 Å². The number of hydrogen-bond donors (Lipinski definition) is 0. The third-order valence-electron chi connectivity index (χ3n) is 5.03. The Morgan fingerprint density at radius 3 is 2.43 bits per heavy atom. The number of hydrogen-bond acceptors (Lipinski definition) is 4. The van der Waals surface area contributed by atoms with Crippen molar-refractivity contribution in [2.75, 3.05) is 26.2 Å². The van der Waals surface area contributed by atoms with Crippen molar-refractivity contribution in [2.24, 2.45) is 0 Å². The molecule has 0 aliphatic carbocycles. The number of sulfonamides is 1. The lowest BCUT2D eigenvalue weighted by atomic mass is 10.2. The van der Waals surface area contributed by atoms with Crippen LogP contribution >= 0.6 is 15.9 Å².